The van der Waals surface area contributed by atoms with Crippen LogP contribution in [0.1, 0.15) is 41.0 Å². The average molecular weight is 402 g/mol. The fraction of sp³-hybridized carbons (Fsp3) is 0.360. The molecular weight excluding hydrogens is 374 g/mol. The Morgan fingerprint density at radius 2 is 1.80 bits per heavy atom. The van der Waals surface area contributed by atoms with E-state index >= 15 is 0 Å². The van der Waals surface area contributed by atoms with E-state index < -0.39 is 5.41 Å². The molecule has 1 aromatic heterocycles. The van der Waals surface area contributed by atoms with Gasteiger partial charge in [0, 0.05) is 45.5 Å². The summed E-state index contributed by atoms with van der Waals surface area (Å²) < 4.78 is 7.49. The van der Waals surface area contributed by atoms with Crippen molar-refractivity contribution in [2.45, 2.75) is 30.7 Å². The second-order valence-electron chi connectivity index (χ2n) is 8.44. The van der Waals surface area contributed by atoms with Crippen LogP contribution in [0.5, 0.6) is 0 Å². The Bertz CT molecular complexity index is 1040. The van der Waals surface area contributed by atoms with Crippen LogP contribution in [0, 0.1) is 0 Å². The van der Waals surface area contributed by atoms with Crippen molar-refractivity contribution < 1.29 is 9.53 Å². The van der Waals surface area contributed by atoms with Gasteiger partial charge in [0.1, 0.15) is 0 Å². The lowest BCUT2D eigenvalue weighted by Crippen LogP contribution is -2.51. The van der Waals surface area contributed by atoms with Crippen LogP contribution in [-0.2, 0) is 28.5 Å². The largest absolute Gasteiger partial charge is 0.381 e. The number of hydrogen-bond acceptors (Lipinski definition) is 3. The SMILES string of the molecule is Cn1cc([C@@H]2CN(C(=O)C3(c4ccccc4)CCOCC3)Cc3ccccc32)cn1. The summed E-state index contributed by atoms with van der Waals surface area (Å²) in [5.74, 6) is 0.362. The Kier molecular flexibility index (Phi) is 4.91. The van der Waals surface area contributed by atoms with E-state index in [1.54, 1.807) is 0 Å². The second kappa shape index (κ2) is 7.73. The van der Waals surface area contributed by atoms with Crippen LogP contribution < -0.4 is 0 Å². The second-order valence-corrected chi connectivity index (χ2v) is 8.44. The molecule has 1 atom stereocenters. The van der Waals surface area contributed by atoms with Gasteiger partial charge < -0.3 is 9.64 Å². The molecule has 3 heterocycles. The normalized spacial score (nSPS) is 20.6. The zero-order chi connectivity index (χ0) is 20.6. The molecule has 1 saturated heterocycles. The molecule has 3 aromatic rings. The van der Waals surface area contributed by atoms with Crippen LogP contribution in [0.25, 0.3) is 0 Å². The number of nitrogens with zero attached hydrogens (tertiary/aromatic N) is 3. The predicted molar refractivity (Wildman–Crippen MR) is 115 cm³/mol. The van der Waals surface area contributed by atoms with Crippen molar-refractivity contribution >= 4 is 5.91 Å². The van der Waals surface area contributed by atoms with Crippen molar-refractivity contribution in [1.29, 1.82) is 0 Å². The monoisotopic (exact) mass is 401 g/mol. The quantitative estimate of drug-likeness (QED) is 0.673. The molecule has 5 nitrogen and oxygen atoms in total. The lowest BCUT2D eigenvalue weighted by atomic mass is 9.72. The Morgan fingerprint density at radius 1 is 1.07 bits per heavy atom. The third-order valence-electron chi connectivity index (χ3n) is 6.69. The fourth-order valence-corrected chi connectivity index (χ4v) is 5.07. The number of rotatable bonds is 3. The van der Waals surface area contributed by atoms with Crippen LogP contribution in [0.15, 0.2) is 67.0 Å². The molecule has 2 aliphatic heterocycles. The molecule has 0 radical (unpaired) electrons. The summed E-state index contributed by atoms with van der Waals surface area (Å²) in [5.41, 5.74) is 4.28. The van der Waals surface area contributed by atoms with Gasteiger partial charge in [-0.2, -0.15) is 5.10 Å². The number of aromatic nitrogens is 2. The summed E-state index contributed by atoms with van der Waals surface area (Å²) in [5, 5.41) is 4.38. The molecule has 5 rings (SSSR count). The number of amides is 1. The Morgan fingerprint density at radius 3 is 2.53 bits per heavy atom. The number of hydrogen-bond donors (Lipinski definition) is 0. The van der Waals surface area contributed by atoms with Crippen LogP contribution in [-0.4, -0.2) is 40.3 Å². The molecule has 0 spiro atoms. The molecule has 30 heavy (non-hydrogen) atoms. The fourth-order valence-electron chi connectivity index (χ4n) is 5.07. The number of carbonyl (C=O) groups excluding carboxylic acids is 1. The van der Waals surface area contributed by atoms with E-state index in [1.807, 2.05) is 36.1 Å². The van der Waals surface area contributed by atoms with E-state index in [0.717, 1.165) is 24.0 Å². The molecule has 5 heteroatoms. The van der Waals surface area contributed by atoms with Gasteiger partial charge in [-0.1, -0.05) is 54.6 Å². The minimum atomic E-state index is -0.509. The zero-order valence-electron chi connectivity index (χ0n) is 17.3. The summed E-state index contributed by atoms with van der Waals surface area (Å²) in [6.07, 6.45) is 5.45. The van der Waals surface area contributed by atoms with Crippen LogP contribution >= 0.6 is 0 Å². The van der Waals surface area contributed by atoms with E-state index in [9.17, 15) is 4.79 Å². The lowest BCUT2D eigenvalue weighted by Gasteiger charge is -2.43. The molecule has 0 bridgehead atoms. The molecule has 0 N–H and O–H groups in total. The highest BCUT2D eigenvalue weighted by Crippen LogP contribution is 2.40. The van der Waals surface area contributed by atoms with Gasteiger partial charge >= 0.3 is 0 Å². The van der Waals surface area contributed by atoms with Gasteiger partial charge in [-0.05, 0) is 35.1 Å². The van der Waals surface area contributed by atoms with Gasteiger partial charge in [0.15, 0.2) is 0 Å². The topological polar surface area (TPSA) is 47.4 Å². The predicted octanol–water partition coefficient (Wildman–Crippen LogP) is 3.64. The summed E-state index contributed by atoms with van der Waals surface area (Å²) >= 11 is 0. The minimum absolute atomic E-state index is 0.139. The number of fused-ring (bicyclic) bond motifs is 1. The van der Waals surface area contributed by atoms with E-state index in [2.05, 4.69) is 52.6 Å². The first-order chi connectivity index (χ1) is 14.7. The Hall–Kier alpha value is -2.92. The van der Waals surface area contributed by atoms with Gasteiger partial charge in [-0.25, -0.2) is 0 Å². The van der Waals surface area contributed by atoms with Gasteiger partial charge in [0.2, 0.25) is 5.91 Å². The average Bonchev–Trinajstić information content (AvgIpc) is 3.25. The number of aryl methyl sites for hydroxylation is 1. The first-order valence-corrected chi connectivity index (χ1v) is 10.7. The maximum atomic E-state index is 14.1. The zero-order valence-corrected chi connectivity index (χ0v) is 17.3. The third-order valence-corrected chi connectivity index (χ3v) is 6.69. The van der Waals surface area contributed by atoms with E-state index in [4.69, 9.17) is 4.74 Å². The first kappa shape index (κ1) is 19.1. The maximum absolute atomic E-state index is 14.1. The number of benzene rings is 2. The van der Waals surface area contributed by atoms with Crippen molar-refractivity contribution in [3.63, 3.8) is 0 Å². The minimum Gasteiger partial charge on any atom is -0.381 e. The van der Waals surface area contributed by atoms with Crippen LogP contribution in [0.4, 0.5) is 0 Å². The standard InChI is InChI=1S/C25H27N3O2/c1-27-16-20(15-26-27)23-18-28(17-19-7-5-6-10-22(19)23)24(29)25(11-13-30-14-12-25)21-8-3-2-4-9-21/h2-10,15-16,23H,11-14,17-18H2,1H3/t23-/m0/s1. The van der Waals surface area contributed by atoms with Gasteiger partial charge in [-0.3, -0.25) is 9.48 Å². The molecule has 0 saturated carbocycles. The van der Waals surface area contributed by atoms with Crippen molar-refractivity contribution in [2.24, 2.45) is 7.05 Å². The number of carbonyl (C=O) groups is 1. The van der Waals surface area contributed by atoms with Gasteiger partial charge in [0.25, 0.3) is 0 Å². The molecular formula is C25H27N3O2. The Balaban J connectivity index is 1.54. The van der Waals surface area contributed by atoms with Crippen molar-refractivity contribution in [1.82, 2.24) is 14.7 Å². The lowest BCUT2D eigenvalue weighted by molar-refractivity contribution is -0.142. The molecule has 2 aromatic carbocycles. The van der Waals surface area contributed by atoms with E-state index in [1.165, 1.54) is 11.1 Å². The summed E-state index contributed by atoms with van der Waals surface area (Å²) in [4.78, 5) is 16.2. The summed E-state index contributed by atoms with van der Waals surface area (Å²) in [7, 11) is 1.94. The first-order valence-electron chi connectivity index (χ1n) is 10.7. The van der Waals surface area contributed by atoms with Crippen molar-refractivity contribution in [2.75, 3.05) is 19.8 Å². The molecule has 2 aliphatic rings. The van der Waals surface area contributed by atoms with Crippen LogP contribution in [0.2, 0.25) is 0 Å². The number of ether oxygens (including phenoxy) is 1. The third kappa shape index (κ3) is 3.23. The van der Waals surface area contributed by atoms with Crippen molar-refractivity contribution in [3.05, 3.63) is 89.2 Å². The molecule has 0 unspecified atom stereocenters. The highest BCUT2D eigenvalue weighted by atomic mass is 16.5. The highest BCUT2D eigenvalue weighted by molar-refractivity contribution is 5.89. The molecule has 1 amide bonds. The van der Waals surface area contributed by atoms with Gasteiger partial charge in [-0.15, -0.1) is 0 Å². The van der Waals surface area contributed by atoms with Gasteiger partial charge in [0.05, 0.1) is 11.6 Å². The maximum Gasteiger partial charge on any atom is 0.233 e. The summed E-state index contributed by atoms with van der Waals surface area (Å²) in [6.45, 7) is 2.58. The molecule has 154 valence electrons. The summed E-state index contributed by atoms with van der Waals surface area (Å²) in [6, 6.07) is 18.8. The smallest absolute Gasteiger partial charge is 0.233 e. The Labute approximate surface area is 177 Å². The van der Waals surface area contributed by atoms with E-state index in [0.29, 0.717) is 26.3 Å². The van der Waals surface area contributed by atoms with Crippen molar-refractivity contribution in [3.8, 4) is 0 Å². The van der Waals surface area contributed by atoms with E-state index in [-0.39, 0.29) is 11.8 Å². The highest BCUT2D eigenvalue weighted by Gasteiger charge is 2.45. The molecule has 0 aliphatic carbocycles. The molecule has 1 fully saturated rings. The van der Waals surface area contributed by atoms with Crippen LogP contribution in [0.3, 0.4) is 0 Å².